The molecule has 2 aromatic carbocycles. The van der Waals surface area contributed by atoms with E-state index in [-0.39, 0.29) is 6.61 Å². The average Bonchev–Trinajstić information content (AvgIpc) is 3.10. The Labute approximate surface area is 176 Å². The van der Waals surface area contributed by atoms with Crippen LogP contribution in [0.1, 0.15) is 5.56 Å². The average molecular weight is 434 g/mol. The number of para-hydroxylation sites is 1. The Morgan fingerprint density at radius 1 is 1.14 bits per heavy atom. The van der Waals surface area contributed by atoms with E-state index in [2.05, 4.69) is 23.2 Å². The third kappa shape index (κ3) is 3.91. The lowest BCUT2D eigenvalue weighted by Crippen LogP contribution is -2.20. The fraction of sp³-hybridized carbons (Fsp3) is 0.200. The van der Waals surface area contributed by atoms with E-state index in [1.807, 2.05) is 28.7 Å². The van der Waals surface area contributed by atoms with Gasteiger partial charge in [-0.05, 0) is 36.8 Å². The van der Waals surface area contributed by atoms with Gasteiger partial charge in [-0.25, -0.2) is 0 Å². The van der Waals surface area contributed by atoms with Crippen LogP contribution in [0.5, 0.6) is 5.75 Å². The van der Waals surface area contributed by atoms with Gasteiger partial charge < -0.3 is 9.84 Å². The predicted molar refractivity (Wildman–Crippen MR) is 114 cm³/mol. The quantitative estimate of drug-likeness (QED) is 0.432. The molecule has 28 heavy (non-hydrogen) atoms. The van der Waals surface area contributed by atoms with Gasteiger partial charge >= 0.3 is 0 Å². The summed E-state index contributed by atoms with van der Waals surface area (Å²) in [4.78, 5) is 0. The molecule has 8 heteroatoms. The molecule has 0 radical (unpaired) electrons. The van der Waals surface area contributed by atoms with E-state index in [1.54, 1.807) is 18.2 Å². The first-order valence-electron chi connectivity index (χ1n) is 8.65. The van der Waals surface area contributed by atoms with E-state index in [0.717, 1.165) is 27.3 Å². The number of aliphatic hydroxyl groups is 1. The molecule has 4 rings (SSSR count). The number of halogens is 2. The minimum Gasteiger partial charge on any atom is -0.489 e. The summed E-state index contributed by atoms with van der Waals surface area (Å²) < 4.78 is 7.61. The molecule has 0 spiro atoms. The number of benzene rings is 2. The summed E-state index contributed by atoms with van der Waals surface area (Å²) in [6, 6.07) is 15.1. The molecule has 5 nitrogen and oxygen atoms in total. The summed E-state index contributed by atoms with van der Waals surface area (Å²) in [5, 5.41) is 21.7. The molecule has 0 amide bonds. The molecule has 0 saturated carbocycles. The van der Waals surface area contributed by atoms with Crippen LogP contribution in [-0.4, -0.2) is 38.2 Å². The molecule has 2 aromatic heterocycles. The fourth-order valence-corrected chi connectivity index (χ4v) is 4.15. The molecular weight excluding hydrogens is 417 g/mol. The van der Waals surface area contributed by atoms with Crippen LogP contribution in [-0.2, 0) is 0 Å². The summed E-state index contributed by atoms with van der Waals surface area (Å²) in [6.45, 7) is 2.16. The molecule has 0 aliphatic rings. The van der Waals surface area contributed by atoms with Gasteiger partial charge in [-0.1, -0.05) is 53.2 Å². The van der Waals surface area contributed by atoms with E-state index < -0.39 is 6.10 Å². The van der Waals surface area contributed by atoms with Crippen molar-refractivity contribution in [3.8, 4) is 5.75 Å². The van der Waals surface area contributed by atoms with Crippen molar-refractivity contribution in [2.75, 3.05) is 12.4 Å². The molecular formula is C20H17Cl2N3O2S. The Bertz CT molecular complexity index is 1150. The number of fused-ring (bicyclic) bond motifs is 3. The van der Waals surface area contributed by atoms with Crippen molar-refractivity contribution in [1.82, 2.24) is 14.6 Å². The first kappa shape index (κ1) is 19.3. The molecule has 4 aromatic rings. The van der Waals surface area contributed by atoms with Crippen LogP contribution in [0.4, 0.5) is 0 Å². The molecule has 144 valence electrons. The Balaban J connectivity index is 1.48. The van der Waals surface area contributed by atoms with Gasteiger partial charge in [0.15, 0.2) is 10.8 Å². The van der Waals surface area contributed by atoms with Crippen LogP contribution in [0.25, 0.3) is 16.6 Å². The zero-order valence-corrected chi connectivity index (χ0v) is 17.3. The second-order valence-electron chi connectivity index (χ2n) is 6.37. The van der Waals surface area contributed by atoms with Gasteiger partial charge in [-0.3, -0.25) is 4.40 Å². The maximum Gasteiger partial charge on any atom is 0.196 e. The lowest BCUT2D eigenvalue weighted by atomic mass is 10.1. The van der Waals surface area contributed by atoms with E-state index in [4.69, 9.17) is 27.9 Å². The normalized spacial score (nSPS) is 12.6. The van der Waals surface area contributed by atoms with Gasteiger partial charge in [0.1, 0.15) is 12.4 Å². The fourth-order valence-electron chi connectivity index (χ4n) is 2.96. The number of aliphatic hydroxyl groups excluding tert-OH is 1. The molecule has 0 saturated heterocycles. The Kier molecular flexibility index (Phi) is 5.64. The second kappa shape index (κ2) is 8.17. The lowest BCUT2D eigenvalue weighted by Gasteiger charge is -2.13. The molecule has 0 bridgehead atoms. The van der Waals surface area contributed by atoms with Crippen molar-refractivity contribution in [3.05, 3.63) is 64.1 Å². The topological polar surface area (TPSA) is 59.7 Å². The van der Waals surface area contributed by atoms with E-state index >= 15 is 0 Å². The molecule has 0 aliphatic heterocycles. The summed E-state index contributed by atoms with van der Waals surface area (Å²) in [5.74, 6) is 0.855. The summed E-state index contributed by atoms with van der Waals surface area (Å²) in [7, 11) is 0. The van der Waals surface area contributed by atoms with Gasteiger partial charge in [0, 0.05) is 22.2 Å². The van der Waals surface area contributed by atoms with Crippen LogP contribution in [0.3, 0.4) is 0 Å². The van der Waals surface area contributed by atoms with Crippen molar-refractivity contribution < 1.29 is 9.84 Å². The van der Waals surface area contributed by atoms with Crippen molar-refractivity contribution in [3.63, 3.8) is 0 Å². The van der Waals surface area contributed by atoms with Gasteiger partial charge in [0.05, 0.1) is 16.6 Å². The highest BCUT2D eigenvalue weighted by molar-refractivity contribution is 7.99. The number of hydrogen-bond donors (Lipinski definition) is 1. The Morgan fingerprint density at radius 3 is 2.82 bits per heavy atom. The van der Waals surface area contributed by atoms with Crippen LogP contribution >= 0.6 is 35.0 Å². The van der Waals surface area contributed by atoms with Crippen molar-refractivity contribution in [2.45, 2.75) is 18.2 Å². The van der Waals surface area contributed by atoms with Gasteiger partial charge in [0.25, 0.3) is 0 Å². The zero-order chi connectivity index (χ0) is 19.7. The second-order valence-corrected chi connectivity index (χ2v) is 8.20. The number of ether oxygens (including phenoxy) is 1. The Hall–Kier alpha value is -1.99. The number of pyridine rings is 1. The molecule has 0 fully saturated rings. The third-order valence-corrected chi connectivity index (χ3v) is 5.92. The largest absolute Gasteiger partial charge is 0.489 e. The molecule has 1 unspecified atom stereocenters. The van der Waals surface area contributed by atoms with E-state index in [9.17, 15) is 5.11 Å². The predicted octanol–water partition coefficient (Wildman–Crippen LogP) is 5.03. The highest BCUT2D eigenvalue weighted by Gasteiger charge is 2.14. The molecule has 1 atom stereocenters. The standard InChI is InChI=1S/C20H17Cl2N3O2S/c1-12-8-19-23-24-20(25(19)17-5-3-2-4-15(12)17)28-11-14(26)10-27-18-9-13(21)6-7-16(18)22/h2-9,14,26H,10-11H2,1H3. The first-order valence-corrected chi connectivity index (χ1v) is 10.4. The van der Waals surface area contributed by atoms with Crippen LogP contribution in [0.2, 0.25) is 10.0 Å². The summed E-state index contributed by atoms with van der Waals surface area (Å²) >= 11 is 13.5. The SMILES string of the molecule is Cc1cc2nnc(SCC(O)COc3cc(Cl)ccc3Cl)n2c2ccccc12. The number of nitrogens with zero attached hydrogens (tertiary/aromatic N) is 3. The van der Waals surface area contributed by atoms with E-state index in [1.165, 1.54) is 11.8 Å². The van der Waals surface area contributed by atoms with Crippen LogP contribution < -0.4 is 4.74 Å². The van der Waals surface area contributed by atoms with Gasteiger partial charge in [0.2, 0.25) is 0 Å². The van der Waals surface area contributed by atoms with Gasteiger partial charge in [-0.15, -0.1) is 10.2 Å². The monoisotopic (exact) mass is 433 g/mol. The molecule has 0 aliphatic carbocycles. The minimum atomic E-state index is -0.705. The molecule has 2 heterocycles. The summed E-state index contributed by atoms with van der Waals surface area (Å²) in [5.41, 5.74) is 2.98. The number of rotatable bonds is 6. The lowest BCUT2D eigenvalue weighted by molar-refractivity contribution is 0.126. The highest BCUT2D eigenvalue weighted by Crippen LogP contribution is 2.29. The maximum atomic E-state index is 10.3. The van der Waals surface area contributed by atoms with Crippen molar-refractivity contribution in [2.24, 2.45) is 0 Å². The van der Waals surface area contributed by atoms with Gasteiger partial charge in [-0.2, -0.15) is 0 Å². The van der Waals surface area contributed by atoms with Crippen molar-refractivity contribution in [1.29, 1.82) is 0 Å². The maximum absolute atomic E-state index is 10.3. The minimum absolute atomic E-state index is 0.101. The Morgan fingerprint density at radius 2 is 1.96 bits per heavy atom. The number of aryl methyl sites for hydroxylation is 1. The zero-order valence-electron chi connectivity index (χ0n) is 15.0. The van der Waals surface area contributed by atoms with Crippen LogP contribution in [0.15, 0.2) is 53.7 Å². The number of thioether (sulfide) groups is 1. The highest BCUT2D eigenvalue weighted by atomic mass is 35.5. The smallest absolute Gasteiger partial charge is 0.196 e. The summed E-state index contributed by atoms with van der Waals surface area (Å²) in [6.07, 6.45) is -0.705. The van der Waals surface area contributed by atoms with Crippen LogP contribution in [0, 0.1) is 6.92 Å². The molecule has 1 N–H and O–H groups in total. The van der Waals surface area contributed by atoms with Crippen molar-refractivity contribution >= 4 is 51.5 Å². The van der Waals surface area contributed by atoms with E-state index in [0.29, 0.717) is 21.5 Å². The number of hydrogen-bond acceptors (Lipinski definition) is 5. The number of aromatic nitrogens is 3. The third-order valence-electron chi connectivity index (χ3n) is 4.30. The first-order chi connectivity index (χ1) is 13.5.